The summed E-state index contributed by atoms with van der Waals surface area (Å²) in [5.74, 6) is 1.48. The summed E-state index contributed by atoms with van der Waals surface area (Å²) in [6.07, 6.45) is 0.799. The second-order valence-corrected chi connectivity index (χ2v) is 5.61. The molecule has 1 atom stereocenters. The quantitative estimate of drug-likeness (QED) is 0.833. The van der Waals surface area contributed by atoms with Crippen LogP contribution in [-0.2, 0) is 4.79 Å². The average molecular weight is 262 g/mol. The van der Waals surface area contributed by atoms with Gasteiger partial charge in [0.2, 0.25) is 12.7 Å². The molecular formula is C14H18N2O3. The Morgan fingerprint density at radius 1 is 1.32 bits per heavy atom. The molecule has 0 aromatic heterocycles. The molecule has 3 rings (SSSR count). The van der Waals surface area contributed by atoms with Crippen molar-refractivity contribution < 1.29 is 14.3 Å². The summed E-state index contributed by atoms with van der Waals surface area (Å²) < 4.78 is 10.6. The van der Waals surface area contributed by atoms with E-state index in [0.717, 1.165) is 17.9 Å². The molecule has 2 heterocycles. The zero-order valence-electron chi connectivity index (χ0n) is 11.2. The molecular weight excluding hydrogens is 244 g/mol. The Morgan fingerprint density at radius 2 is 2.05 bits per heavy atom. The largest absolute Gasteiger partial charge is 0.454 e. The minimum atomic E-state index is -0.533. The zero-order chi connectivity index (χ0) is 13.6. The minimum Gasteiger partial charge on any atom is -0.454 e. The molecule has 0 bridgehead atoms. The van der Waals surface area contributed by atoms with Gasteiger partial charge in [-0.2, -0.15) is 0 Å². The maximum atomic E-state index is 12.5. The highest BCUT2D eigenvalue weighted by Gasteiger charge is 2.42. The summed E-state index contributed by atoms with van der Waals surface area (Å²) in [6, 6.07) is 5.49. The number of hydrogen-bond acceptors (Lipinski definition) is 4. The van der Waals surface area contributed by atoms with Gasteiger partial charge in [-0.05, 0) is 32.4 Å². The summed E-state index contributed by atoms with van der Waals surface area (Å²) in [5.41, 5.74) is 6.35. The van der Waals surface area contributed by atoms with Crippen molar-refractivity contribution in [2.45, 2.75) is 26.3 Å². The Hall–Kier alpha value is -1.75. The van der Waals surface area contributed by atoms with Crippen LogP contribution < -0.4 is 20.1 Å². The van der Waals surface area contributed by atoms with Crippen LogP contribution in [0.25, 0.3) is 0 Å². The summed E-state index contributed by atoms with van der Waals surface area (Å²) in [4.78, 5) is 14.3. The van der Waals surface area contributed by atoms with E-state index >= 15 is 0 Å². The number of piperidine rings is 1. The van der Waals surface area contributed by atoms with Crippen molar-refractivity contribution in [3.8, 4) is 11.5 Å². The molecule has 102 valence electrons. The minimum absolute atomic E-state index is 0.0603. The summed E-state index contributed by atoms with van der Waals surface area (Å²) >= 11 is 0. The van der Waals surface area contributed by atoms with Crippen molar-refractivity contribution in [1.82, 2.24) is 0 Å². The first-order valence-electron chi connectivity index (χ1n) is 6.47. The van der Waals surface area contributed by atoms with E-state index in [4.69, 9.17) is 15.2 Å². The zero-order valence-corrected chi connectivity index (χ0v) is 11.2. The number of nitrogens with zero attached hydrogens (tertiary/aromatic N) is 1. The molecule has 2 N–H and O–H groups in total. The Balaban J connectivity index is 1.92. The van der Waals surface area contributed by atoms with Gasteiger partial charge in [0.15, 0.2) is 11.5 Å². The topological polar surface area (TPSA) is 64.8 Å². The number of ether oxygens (including phenoxy) is 2. The Kier molecular flexibility index (Phi) is 2.67. The van der Waals surface area contributed by atoms with Gasteiger partial charge in [0.1, 0.15) is 0 Å². The molecule has 5 heteroatoms. The van der Waals surface area contributed by atoms with E-state index in [0.29, 0.717) is 12.3 Å². The molecule has 1 amide bonds. The van der Waals surface area contributed by atoms with Gasteiger partial charge >= 0.3 is 0 Å². The van der Waals surface area contributed by atoms with Gasteiger partial charge in [0.25, 0.3) is 0 Å². The predicted molar refractivity (Wildman–Crippen MR) is 71.3 cm³/mol. The number of carbonyl (C=O) groups is 1. The lowest BCUT2D eigenvalue weighted by Gasteiger charge is -2.41. The predicted octanol–water partition coefficient (Wildman–Crippen LogP) is 1.51. The summed E-state index contributed by atoms with van der Waals surface area (Å²) in [7, 11) is 0. The van der Waals surface area contributed by atoms with Crippen LogP contribution in [0.5, 0.6) is 11.5 Å². The third kappa shape index (κ3) is 1.85. The van der Waals surface area contributed by atoms with Crippen molar-refractivity contribution >= 4 is 11.6 Å². The molecule has 1 saturated heterocycles. The molecule has 5 nitrogen and oxygen atoms in total. The molecule has 2 aliphatic heterocycles. The van der Waals surface area contributed by atoms with Crippen LogP contribution in [-0.4, -0.2) is 25.3 Å². The molecule has 19 heavy (non-hydrogen) atoms. The number of hydrogen-bond donors (Lipinski definition) is 1. The van der Waals surface area contributed by atoms with Crippen LogP contribution in [0.1, 0.15) is 20.3 Å². The van der Waals surface area contributed by atoms with E-state index in [1.807, 2.05) is 32.0 Å². The number of rotatable bonds is 1. The number of anilines is 1. The van der Waals surface area contributed by atoms with Crippen LogP contribution in [0, 0.1) is 5.41 Å². The van der Waals surface area contributed by atoms with E-state index in [2.05, 4.69) is 0 Å². The molecule has 1 aromatic carbocycles. The third-order valence-corrected chi connectivity index (χ3v) is 4.05. The molecule has 0 aliphatic carbocycles. The van der Waals surface area contributed by atoms with Crippen LogP contribution in [0.3, 0.4) is 0 Å². The van der Waals surface area contributed by atoms with Gasteiger partial charge in [0.05, 0.1) is 5.41 Å². The van der Waals surface area contributed by atoms with E-state index in [9.17, 15) is 4.79 Å². The van der Waals surface area contributed by atoms with Crippen molar-refractivity contribution in [3.05, 3.63) is 18.2 Å². The maximum Gasteiger partial charge on any atom is 0.234 e. The molecule has 1 aromatic rings. The van der Waals surface area contributed by atoms with Gasteiger partial charge in [-0.3, -0.25) is 4.79 Å². The highest BCUT2D eigenvalue weighted by molar-refractivity contribution is 5.98. The van der Waals surface area contributed by atoms with Gasteiger partial charge in [-0.1, -0.05) is 0 Å². The van der Waals surface area contributed by atoms with E-state index < -0.39 is 5.41 Å². The SMILES string of the molecule is CC1(C)C(=O)N(c2ccc3c(c2)OCO3)CCC1N. The smallest absolute Gasteiger partial charge is 0.234 e. The average Bonchev–Trinajstić information content (AvgIpc) is 2.84. The van der Waals surface area contributed by atoms with Gasteiger partial charge in [-0.15, -0.1) is 0 Å². The number of fused-ring (bicyclic) bond motifs is 1. The van der Waals surface area contributed by atoms with E-state index in [-0.39, 0.29) is 18.7 Å². The lowest BCUT2D eigenvalue weighted by molar-refractivity contribution is -0.129. The maximum absolute atomic E-state index is 12.5. The van der Waals surface area contributed by atoms with Crippen LogP contribution in [0.4, 0.5) is 5.69 Å². The number of benzene rings is 1. The second-order valence-electron chi connectivity index (χ2n) is 5.61. The van der Waals surface area contributed by atoms with Crippen molar-refractivity contribution in [2.24, 2.45) is 11.1 Å². The first kappa shape index (κ1) is 12.3. The number of amides is 1. The van der Waals surface area contributed by atoms with Crippen LogP contribution in [0.15, 0.2) is 18.2 Å². The standard InChI is InChI=1S/C14H18N2O3/c1-14(2)12(15)5-6-16(13(14)17)9-3-4-10-11(7-9)19-8-18-10/h3-4,7,12H,5-6,8,15H2,1-2H3. The van der Waals surface area contributed by atoms with Gasteiger partial charge in [-0.25, -0.2) is 0 Å². The molecule has 0 saturated carbocycles. The Bertz CT molecular complexity index is 527. The van der Waals surface area contributed by atoms with Crippen molar-refractivity contribution in [1.29, 1.82) is 0 Å². The lowest BCUT2D eigenvalue weighted by Crippen LogP contribution is -2.56. The normalized spacial score (nSPS) is 24.7. The fourth-order valence-electron chi connectivity index (χ4n) is 2.54. The van der Waals surface area contributed by atoms with Crippen molar-refractivity contribution in [3.63, 3.8) is 0 Å². The molecule has 2 aliphatic rings. The Labute approximate surface area is 112 Å². The van der Waals surface area contributed by atoms with Gasteiger partial charge in [0, 0.05) is 24.3 Å². The highest BCUT2D eigenvalue weighted by atomic mass is 16.7. The second kappa shape index (κ2) is 4.13. The molecule has 1 unspecified atom stereocenters. The summed E-state index contributed by atoms with van der Waals surface area (Å²) in [5, 5.41) is 0. The third-order valence-electron chi connectivity index (χ3n) is 4.05. The number of carbonyl (C=O) groups excluding carboxylic acids is 1. The Morgan fingerprint density at radius 3 is 2.84 bits per heavy atom. The first-order chi connectivity index (χ1) is 9.00. The van der Waals surface area contributed by atoms with E-state index in [1.165, 1.54) is 0 Å². The van der Waals surface area contributed by atoms with Gasteiger partial charge < -0.3 is 20.1 Å². The first-order valence-corrected chi connectivity index (χ1v) is 6.47. The summed E-state index contributed by atoms with van der Waals surface area (Å²) in [6.45, 7) is 4.68. The lowest BCUT2D eigenvalue weighted by atomic mass is 9.78. The van der Waals surface area contributed by atoms with Crippen molar-refractivity contribution in [2.75, 3.05) is 18.2 Å². The van der Waals surface area contributed by atoms with E-state index in [1.54, 1.807) is 4.90 Å². The fourth-order valence-corrected chi connectivity index (χ4v) is 2.54. The molecule has 1 fully saturated rings. The van der Waals surface area contributed by atoms with Crippen LogP contribution in [0.2, 0.25) is 0 Å². The molecule has 0 spiro atoms. The highest BCUT2D eigenvalue weighted by Crippen LogP contribution is 2.38. The van der Waals surface area contributed by atoms with Crippen LogP contribution >= 0.6 is 0 Å². The molecule has 0 radical (unpaired) electrons. The fraction of sp³-hybridized carbons (Fsp3) is 0.500. The monoisotopic (exact) mass is 262 g/mol. The number of nitrogens with two attached hydrogens (primary N) is 1.